The van der Waals surface area contributed by atoms with E-state index < -0.39 is 0 Å². The molecule has 0 aliphatic carbocycles. The molecule has 130 valence electrons. The first kappa shape index (κ1) is 14.8. The second-order valence-electron chi connectivity index (χ2n) is 7.11. The molecule has 0 amide bonds. The van der Waals surface area contributed by atoms with Crippen molar-refractivity contribution >= 4 is 11.5 Å². The Morgan fingerprint density at radius 2 is 2.08 bits per heavy atom. The third kappa shape index (κ3) is 2.24. The van der Waals surface area contributed by atoms with Gasteiger partial charge in [0, 0.05) is 38.1 Å². The molecule has 0 unspecified atom stereocenters. The fourth-order valence-electron chi connectivity index (χ4n) is 3.60. The van der Waals surface area contributed by atoms with E-state index in [1.54, 1.807) is 6.20 Å². The SMILES string of the molecule is C[C@H]1CCN1c1nc(-c2ccn(C3CN(C)C3)n2)cn2c(F)cnc12. The third-order valence-electron chi connectivity index (χ3n) is 5.31. The maximum Gasteiger partial charge on any atom is 0.218 e. The van der Waals surface area contributed by atoms with Gasteiger partial charge < -0.3 is 9.80 Å². The van der Waals surface area contributed by atoms with Crippen LogP contribution in [0.2, 0.25) is 0 Å². The summed E-state index contributed by atoms with van der Waals surface area (Å²) in [5, 5.41) is 4.67. The number of hydrogen-bond donors (Lipinski definition) is 0. The van der Waals surface area contributed by atoms with Gasteiger partial charge in [-0.05, 0) is 26.5 Å². The maximum absolute atomic E-state index is 14.2. The van der Waals surface area contributed by atoms with Crippen LogP contribution in [-0.2, 0) is 0 Å². The van der Waals surface area contributed by atoms with Gasteiger partial charge in [0.15, 0.2) is 11.5 Å². The molecule has 7 nitrogen and oxygen atoms in total. The Hall–Kier alpha value is -2.48. The van der Waals surface area contributed by atoms with Crippen molar-refractivity contribution in [3.8, 4) is 11.4 Å². The molecule has 5 rings (SSSR count). The number of fused-ring (bicyclic) bond motifs is 1. The van der Waals surface area contributed by atoms with Crippen molar-refractivity contribution in [2.75, 3.05) is 31.6 Å². The number of imidazole rings is 1. The van der Waals surface area contributed by atoms with E-state index in [4.69, 9.17) is 4.98 Å². The lowest BCUT2D eigenvalue weighted by molar-refractivity contribution is 0.131. The van der Waals surface area contributed by atoms with Crippen LogP contribution in [0.5, 0.6) is 0 Å². The zero-order chi connectivity index (χ0) is 17.1. The summed E-state index contributed by atoms with van der Waals surface area (Å²) in [4.78, 5) is 13.4. The number of halogens is 1. The highest BCUT2D eigenvalue weighted by molar-refractivity contribution is 5.70. The van der Waals surface area contributed by atoms with E-state index in [9.17, 15) is 4.39 Å². The van der Waals surface area contributed by atoms with Crippen LogP contribution in [0, 0.1) is 5.95 Å². The van der Waals surface area contributed by atoms with Gasteiger partial charge in [0.25, 0.3) is 0 Å². The van der Waals surface area contributed by atoms with Crippen molar-refractivity contribution in [3.63, 3.8) is 0 Å². The summed E-state index contributed by atoms with van der Waals surface area (Å²) < 4.78 is 17.6. The zero-order valence-electron chi connectivity index (χ0n) is 14.3. The van der Waals surface area contributed by atoms with Crippen molar-refractivity contribution in [3.05, 3.63) is 30.6 Å². The van der Waals surface area contributed by atoms with E-state index in [1.165, 1.54) is 10.6 Å². The summed E-state index contributed by atoms with van der Waals surface area (Å²) in [5.74, 6) is 0.353. The van der Waals surface area contributed by atoms with Crippen LogP contribution in [0.25, 0.3) is 17.0 Å². The van der Waals surface area contributed by atoms with Gasteiger partial charge in [0.2, 0.25) is 5.95 Å². The minimum atomic E-state index is -0.381. The van der Waals surface area contributed by atoms with Gasteiger partial charge in [-0.25, -0.2) is 9.97 Å². The van der Waals surface area contributed by atoms with Gasteiger partial charge >= 0.3 is 0 Å². The van der Waals surface area contributed by atoms with Gasteiger partial charge in [-0.3, -0.25) is 9.08 Å². The highest BCUT2D eigenvalue weighted by Gasteiger charge is 2.29. The molecule has 0 N–H and O–H groups in total. The van der Waals surface area contributed by atoms with E-state index in [-0.39, 0.29) is 5.95 Å². The van der Waals surface area contributed by atoms with E-state index in [1.807, 2.05) is 16.9 Å². The number of nitrogens with zero attached hydrogens (tertiary/aromatic N) is 7. The summed E-state index contributed by atoms with van der Waals surface area (Å²) in [6.07, 6.45) is 6.03. The van der Waals surface area contributed by atoms with Crippen molar-refractivity contribution in [2.24, 2.45) is 0 Å². The zero-order valence-corrected chi connectivity index (χ0v) is 14.3. The molecule has 3 aromatic heterocycles. The topological polar surface area (TPSA) is 54.5 Å². The van der Waals surface area contributed by atoms with Gasteiger partial charge in [0.05, 0.1) is 12.2 Å². The molecule has 2 saturated heterocycles. The van der Waals surface area contributed by atoms with Gasteiger partial charge in [-0.15, -0.1) is 0 Å². The average molecular weight is 341 g/mol. The van der Waals surface area contributed by atoms with Crippen LogP contribution < -0.4 is 4.90 Å². The second kappa shape index (κ2) is 5.26. The largest absolute Gasteiger partial charge is 0.351 e. The van der Waals surface area contributed by atoms with Crippen molar-refractivity contribution in [1.29, 1.82) is 0 Å². The number of aromatic nitrogens is 5. The number of rotatable bonds is 3. The quantitative estimate of drug-likeness (QED) is 0.727. The highest BCUT2D eigenvalue weighted by atomic mass is 19.1. The number of likely N-dealkylation sites (N-methyl/N-ethyl adjacent to an activating group) is 1. The Morgan fingerprint density at radius 3 is 2.76 bits per heavy atom. The Morgan fingerprint density at radius 1 is 1.24 bits per heavy atom. The predicted molar refractivity (Wildman–Crippen MR) is 92.1 cm³/mol. The Kier molecular flexibility index (Phi) is 3.12. The molecule has 0 bridgehead atoms. The molecule has 25 heavy (non-hydrogen) atoms. The first-order valence-electron chi connectivity index (χ1n) is 8.64. The summed E-state index contributed by atoms with van der Waals surface area (Å²) in [6, 6.07) is 2.75. The lowest BCUT2D eigenvalue weighted by Crippen LogP contribution is -2.46. The van der Waals surface area contributed by atoms with E-state index in [0.717, 1.165) is 37.6 Å². The van der Waals surface area contributed by atoms with Crippen LogP contribution in [0.1, 0.15) is 19.4 Å². The Bertz CT molecular complexity index is 940. The molecule has 8 heteroatoms. The lowest BCUT2D eigenvalue weighted by Gasteiger charge is -2.39. The molecular weight excluding hydrogens is 321 g/mol. The molecule has 3 aromatic rings. The van der Waals surface area contributed by atoms with Crippen LogP contribution in [0.4, 0.5) is 10.2 Å². The van der Waals surface area contributed by atoms with Gasteiger partial charge in [0.1, 0.15) is 11.4 Å². The molecule has 0 radical (unpaired) electrons. The minimum Gasteiger partial charge on any atom is -0.351 e. The normalized spacial score (nSPS) is 21.6. The molecule has 2 aliphatic heterocycles. The van der Waals surface area contributed by atoms with Gasteiger partial charge in [-0.2, -0.15) is 9.49 Å². The molecule has 2 fully saturated rings. The van der Waals surface area contributed by atoms with Crippen molar-refractivity contribution in [2.45, 2.75) is 25.4 Å². The molecule has 0 saturated carbocycles. The standard InChI is InChI=1S/C17H20FN7/c1-11-3-5-23(11)17-16-19-7-15(18)24(16)10-14(20-17)13-4-6-25(21-13)12-8-22(2)9-12/h4,6-7,10-12H,3,5,8-9H2,1-2H3/t11-/m0/s1. The van der Waals surface area contributed by atoms with Crippen molar-refractivity contribution < 1.29 is 4.39 Å². The monoisotopic (exact) mass is 341 g/mol. The first-order chi connectivity index (χ1) is 12.1. The summed E-state index contributed by atoms with van der Waals surface area (Å²) >= 11 is 0. The molecule has 2 aliphatic rings. The lowest BCUT2D eigenvalue weighted by atomic mass is 10.1. The second-order valence-corrected chi connectivity index (χ2v) is 7.11. The van der Waals surface area contributed by atoms with E-state index in [2.05, 4.69) is 33.9 Å². The minimum absolute atomic E-state index is 0.381. The first-order valence-corrected chi connectivity index (χ1v) is 8.64. The highest BCUT2D eigenvalue weighted by Crippen LogP contribution is 2.31. The molecule has 5 heterocycles. The van der Waals surface area contributed by atoms with Crippen LogP contribution >= 0.6 is 0 Å². The third-order valence-corrected chi connectivity index (χ3v) is 5.31. The number of anilines is 1. The Labute approximate surface area is 144 Å². The van der Waals surface area contributed by atoms with E-state index >= 15 is 0 Å². The fourth-order valence-corrected chi connectivity index (χ4v) is 3.60. The van der Waals surface area contributed by atoms with Crippen LogP contribution in [-0.4, -0.2) is 61.8 Å². The van der Waals surface area contributed by atoms with E-state index in [0.29, 0.717) is 23.4 Å². The molecule has 0 spiro atoms. The predicted octanol–water partition coefficient (Wildman–Crippen LogP) is 1.82. The summed E-state index contributed by atoms with van der Waals surface area (Å²) in [5.41, 5.74) is 2.00. The summed E-state index contributed by atoms with van der Waals surface area (Å²) in [7, 11) is 2.10. The average Bonchev–Trinajstić information content (AvgIpc) is 3.18. The smallest absolute Gasteiger partial charge is 0.218 e. The Balaban J connectivity index is 1.58. The fraction of sp³-hybridized carbons (Fsp3) is 0.471. The maximum atomic E-state index is 14.2. The van der Waals surface area contributed by atoms with Gasteiger partial charge in [-0.1, -0.05) is 0 Å². The molecular formula is C17H20FN7. The number of likely N-dealkylation sites (tertiary alicyclic amines) is 1. The van der Waals surface area contributed by atoms with Crippen LogP contribution in [0.15, 0.2) is 24.7 Å². The number of hydrogen-bond acceptors (Lipinski definition) is 5. The van der Waals surface area contributed by atoms with Crippen molar-refractivity contribution in [1.82, 2.24) is 29.0 Å². The summed E-state index contributed by atoms with van der Waals surface area (Å²) in [6.45, 7) is 5.07. The van der Waals surface area contributed by atoms with Crippen LogP contribution in [0.3, 0.4) is 0 Å². The molecule has 0 aromatic carbocycles. The molecule has 1 atom stereocenters.